The lowest BCUT2D eigenvalue weighted by Crippen LogP contribution is -2.38. The fraction of sp³-hybridized carbons (Fsp3) is 0.625. The van der Waals surface area contributed by atoms with Gasteiger partial charge >= 0.3 is 0 Å². The van der Waals surface area contributed by atoms with Gasteiger partial charge in [-0.3, -0.25) is 0 Å². The van der Waals surface area contributed by atoms with E-state index in [1.165, 1.54) is 12.8 Å². The molecule has 20 heavy (non-hydrogen) atoms. The van der Waals surface area contributed by atoms with E-state index in [4.69, 9.17) is 34.8 Å². The normalized spacial score (nSPS) is 26.9. The van der Waals surface area contributed by atoms with Gasteiger partial charge < -0.3 is 5.32 Å². The quantitative estimate of drug-likeness (QED) is 0.663. The Bertz CT molecular complexity index is 450. The van der Waals surface area contributed by atoms with E-state index >= 15 is 0 Å². The highest BCUT2D eigenvalue weighted by molar-refractivity contribution is 6.41. The van der Waals surface area contributed by atoms with Gasteiger partial charge in [-0.25, -0.2) is 0 Å². The molecule has 0 spiro atoms. The van der Waals surface area contributed by atoms with E-state index in [1.54, 1.807) is 12.1 Å². The van der Waals surface area contributed by atoms with Crippen LogP contribution in [0.3, 0.4) is 0 Å². The van der Waals surface area contributed by atoms with Crippen LogP contribution in [-0.2, 0) is 0 Å². The van der Waals surface area contributed by atoms with Gasteiger partial charge in [0.25, 0.3) is 0 Å². The molecule has 1 N–H and O–H groups in total. The summed E-state index contributed by atoms with van der Waals surface area (Å²) in [6.45, 7) is 6.90. The highest BCUT2D eigenvalue weighted by atomic mass is 35.5. The van der Waals surface area contributed by atoms with Crippen molar-refractivity contribution in [1.82, 2.24) is 0 Å². The maximum atomic E-state index is 6.29. The van der Waals surface area contributed by atoms with Gasteiger partial charge in [0, 0.05) is 11.1 Å². The number of nitrogens with one attached hydrogen (secondary N) is 1. The van der Waals surface area contributed by atoms with Crippen LogP contribution < -0.4 is 5.32 Å². The molecule has 0 saturated heterocycles. The van der Waals surface area contributed by atoms with Crippen LogP contribution in [0, 0.1) is 17.8 Å². The summed E-state index contributed by atoms with van der Waals surface area (Å²) in [5, 5.41) is 5.36. The minimum absolute atomic E-state index is 0.426. The summed E-state index contributed by atoms with van der Waals surface area (Å²) in [5.74, 6) is 2.06. The number of benzene rings is 1. The molecule has 1 aromatic rings. The van der Waals surface area contributed by atoms with Crippen molar-refractivity contribution >= 4 is 40.5 Å². The number of hydrogen-bond acceptors (Lipinski definition) is 1. The summed E-state index contributed by atoms with van der Waals surface area (Å²) < 4.78 is 0. The molecule has 1 nitrogen and oxygen atoms in total. The molecule has 1 aromatic carbocycles. The van der Waals surface area contributed by atoms with Crippen molar-refractivity contribution in [3.05, 3.63) is 27.2 Å². The Hall–Kier alpha value is -0.110. The van der Waals surface area contributed by atoms with E-state index in [-0.39, 0.29) is 0 Å². The van der Waals surface area contributed by atoms with Crippen LogP contribution in [0.15, 0.2) is 12.1 Å². The van der Waals surface area contributed by atoms with Gasteiger partial charge in [-0.05, 0) is 42.7 Å². The molecule has 3 atom stereocenters. The van der Waals surface area contributed by atoms with Gasteiger partial charge in [0.05, 0.1) is 15.7 Å². The number of hydrogen-bond donors (Lipinski definition) is 1. The second-order valence-corrected chi connectivity index (χ2v) is 7.57. The molecule has 0 heterocycles. The van der Waals surface area contributed by atoms with Crippen LogP contribution in [-0.4, -0.2) is 6.04 Å². The van der Waals surface area contributed by atoms with E-state index in [9.17, 15) is 0 Å². The highest BCUT2D eigenvalue weighted by Gasteiger charge is 2.31. The minimum atomic E-state index is 0.426. The molecule has 1 saturated carbocycles. The zero-order valence-corrected chi connectivity index (χ0v) is 14.5. The smallest absolute Gasteiger partial charge is 0.0722 e. The maximum Gasteiger partial charge on any atom is 0.0722 e. The van der Waals surface area contributed by atoms with Gasteiger partial charge in [0.2, 0.25) is 0 Å². The molecule has 0 radical (unpaired) electrons. The van der Waals surface area contributed by atoms with Crippen molar-refractivity contribution in [2.24, 2.45) is 17.8 Å². The van der Waals surface area contributed by atoms with E-state index in [2.05, 4.69) is 26.1 Å². The summed E-state index contributed by atoms with van der Waals surface area (Å²) in [5.41, 5.74) is 0.822. The van der Waals surface area contributed by atoms with Crippen LogP contribution in [0.25, 0.3) is 0 Å². The molecule has 3 unspecified atom stereocenters. The van der Waals surface area contributed by atoms with Crippen LogP contribution in [0.1, 0.15) is 40.0 Å². The zero-order valence-electron chi connectivity index (χ0n) is 12.2. The van der Waals surface area contributed by atoms with Gasteiger partial charge in [0.15, 0.2) is 0 Å². The second-order valence-electron chi connectivity index (χ2n) is 6.32. The second kappa shape index (κ2) is 6.77. The van der Waals surface area contributed by atoms with Crippen molar-refractivity contribution in [3.8, 4) is 0 Å². The van der Waals surface area contributed by atoms with Crippen molar-refractivity contribution in [3.63, 3.8) is 0 Å². The van der Waals surface area contributed by atoms with Crippen LogP contribution in [0.5, 0.6) is 0 Å². The molecule has 1 aliphatic carbocycles. The highest BCUT2D eigenvalue weighted by Crippen LogP contribution is 2.39. The summed E-state index contributed by atoms with van der Waals surface area (Å²) in [6.07, 6.45) is 3.74. The third-order valence-electron chi connectivity index (χ3n) is 4.36. The molecule has 0 aliphatic heterocycles. The lowest BCUT2D eigenvalue weighted by Gasteiger charge is -2.38. The molecule has 1 fully saturated rings. The Balaban J connectivity index is 2.22. The number of rotatable bonds is 3. The van der Waals surface area contributed by atoms with E-state index < -0.39 is 0 Å². The van der Waals surface area contributed by atoms with Crippen molar-refractivity contribution in [2.75, 3.05) is 5.32 Å². The zero-order chi connectivity index (χ0) is 14.9. The molecular formula is C16H22Cl3N. The van der Waals surface area contributed by atoms with E-state index in [0.717, 1.165) is 18.0 Å². The fourth-order valence-electron chi connectivity index (χ4n) is 3.23. The predicted octanol–water partition coefficient (Wildman–Crippen LogP) is 6.52. The lowest BCUT2D eigenvalue weighted by atomic mass is 9.74. The summed E-state index contributed by atoms with van der Waals surface area (Å²) >= 11 is 18.5. The largest absolute Gasteiger partial charge is 0.380 e. The Morgan fingerprint density at radius 1 is 1.10 bits per heavy atom. The molecule has 1 aliphatic rings. The van der Waals surface area contributed by atoms with Crippen LogP contribution in [0.4, 0.5) is 5.69 Å². The lowest BCUT2D eigenvalue weighted by molar-refractivity contribution is 0.212. The molecule has 0 aromatic heterocycles. The van der Waals surface area contributed by atoms with Gasteiger partial charge in [-0.15, -0.1) is 0 Å². The fourth-order valence-corrected chi connectivity index (χ4v) is 4.16. The summed E-state index contributed by atoms with van der Waals surface area (Å²) in [4.78, 5) is 0. The van der Waals surface area contributed by atoms with Gasteiger partial charge in [-0.1, -0.05) is 62.0 Å². The monoisotopic (exact) mass is 333 g/mol. The van der Waals surface area contributed by atoms with Gasteiger partial charge in [-0.2, -0.15) is 0 Å². The molecule has 0 amide bonds. The average molecular weight is 335 g/mol. The molecule has 112 valence electrons. The number of halogens is 3. The van der Waals surface area contributed by atoms with E-state index in [1.807, 2.05) is 0 Å². The van der Waals surface area contributed by atoms with Crippen LogP contribution >= 0.6 is 34.8 Å². The SMILES string of the molecule is CC1CCC(C(C)C)C(Nc2c(Cl)cc(Cl)cc2Cl)C1. The van der Waals surface area contributed by atoms with Crippen molar-refractivity contribution in [1.29, 1.82) is 0 Å². The molecular weight excluding hydrogens is 313 g/mol. The van der Waals surface area contributed by atoms with Crippen molar-refractivity contribution in [2.45, 2.75) is 46.1 Å². The first-order chi connectivity index (χ1) is 9.38. The third kappa shape index (κ3) is 3.75. The first-order valence-electron chi connectivity index (χ1n) is 7.29. The minimum Gasteiger partial charge on any atom is -0.380 e. The predicted molar refractivity (Wildman–Crippen MR) is 90.2 cm³/mol. The molecule has 0 bridgehead atoms. The standard InChI is InChI=1S/C16H22Cl3N/c1-9(2)12-5-4-10(3)6-15(12)20-16-13(18)7-11(17)8-14(16)19/h7-10,12,15,20H,4-6H2,1-3H3. The van der Waals surface area contributed by atoms with Crippen LogP contribution in [0.2, 0.25) is 15.1 Å². The molecule has 4 heteroatoms. The topological polar surface area (TPSA) is 12.0 Å². The number of anilines is 1. The average Bonchev–Trinajstić information content (AvgIpc) is 2.33. The van der Waals surface area contributed by atoms with Crippen molar-refractivity contribution < 1.29 is 0 Å². The Labute approximate surface area is 137 Å². The third-order valence-corrected chi connectivity index (χ3v) is 5.17. The summed E-state index contributed by atoms with van der Waals surface area (Å²) in [6, 6.07) is 3.91. The summed E-state index contributed by atoms with van der Waals surface area (Å²) in [7, 11) is 0. The first kappa shape index (κ1) is 16.3. The molecule has 2 rings (SSSR count). The van der Waals surface area contributed by atoms with E-state index in [0.29, 0.717) is 32.9 Å². The Morgan fingerprint density at radius 2 is 1.70 bits per heavy atom. The first-order valence-corrected chi connectivity index (χ1v) is 8.43. The Morgan fingerprint density at radius 3 is 2.25 bits per heavy atom. The Kier molecular flexibility index (Phi) is 5.50. The maximum absolute atomic E-state index is 6.29. The van der Waals surface area contributed by atoms with Gasteiger partial charge in [0.1, 0.15) is 0 Å².